The summed E-state index contributed by atoms with van der Waals surface area (Å²) in [4.78, 5) is 29.8. The molecule has 0 radical (unpaired) electrons. The Kier molecular flexibility index (Phi) is 3.15. The van der Waals surface area contributed by atoms with E-state index in [1.54, 1.807) is 18.3 Å². The van der Waals surface area contributed by atoms with Gasteiger partial charge in [0.15, 0.2) is 0 Å². The van der Waals surface area contributed by atoms with Crippen LogP contribution in [0.5, 0.6) is 0 Å². The first-order valence-corrected chi connectivity index (χ1v) is 7.67. The number of rotatable bonds is 3. The maximum atomic E-state index is 12.6. The summed E-state index contributed by atoms with van der Waals surface area (Å²) in [5.41, 5.74) is 5.90. The third-order valence-electron chi connectivity index (χ3n) is 3.14. The van der Waals surface area contributed by atoms with Crippen molar-refractivity contribution in [3.63, 3.8) is 0 Å². The Labute approximate surface area is 122 Å². The van der Waals surface area contributed by atoms with Gasteiger partial charge >= 0.3 is 0 Å². The summed E-state index contributed by atoms with van der Waals surface area (Å²) in [6.07, 6.45) is 1.38. The molecule has 3 heterocycles. The number of thiophene rings is 2. The molecule has 1 unspecified atom stereocenters. The lowest BCUT2D eigenvalue weighted by molar-refractivity contribution is -0.120. The molecule has 0 saturated heterocycles. The van der Waals surface area contributed by atoms with Gasteiger partial charge in [-0.05, 0) is 18.4 Å². The fraction of sp³-hybridized carbons (Fsp3) is 0.154. The Morgan fingerprint density at radius 1 is 1.45 bits per heavy atom. The third kappa shape index (κ3) is 1.95. The number of hydrogen-bond acceptors (Lipinski definition) is 5. The quantitative estimate of drug-likeness (QED) is 0.806. The van der Waals surface area contributed by atoms with Crippen LogP contribution in [-0.4, -0.2) is 15.5 Å². The number of aromatic nitrogens is 2. The zero-order valence-corrected chi connectivity index (χ0v) is 12.2. The van der Waals surface area contributed by atoms with E-state index in [0.717, 1.165) is 10.4 Å². The van der Waals surface area contributed by atoms with E-state index >= 15 is 0 Å². The van der Waals surface area contributed by atoms with Gasteiger partial charge in [0.2, 0.25) is 5.91 Å². The highest BCUT2D eigenvalue weighted by atomic mass is 32.1. The molecule has 3 aromatic heterocycles. The van der Waals surface area contributed by atoms with Crippen LogP contribution in [0.2, 0.25) is 0 Å². The average Bonchev–Trinajstić information content (AvgIpc) is 3.06. The smallest absolute Gasteiger partial charge is 0.263 e. The molecule has 1 amide bonds. The molecule has 3 rings (SSSR count). The first kappa shape index (κ1) is 13.0. The fourth-order valence-electron chi connectivity index (χ4n) is 1.97. The van der Waals surface area contributed by atoms with E-state index in [0.29, 0.717) is 10.2 Å². The van der Waals surface area contributed by atoms with Crippen LogP contribution in [0.3, 0.4) is 0 Å². The van der Waals surface area contributed by atoms with Crippen molar-refractivity contribution in [3.8, 4) is 10.4 Å². The Morgan fingerprint density at radius 3 is 2.90 bits per heavy atom. The normalized spacial score (nSPS) is 12.7. The molecule has 102 valence electrons. The van der Waals surface area contributed by atoms with Crippen molar-refractivity contribution in [2.75, 3.05) is 0 Å². The predicted octanol–water partition coefficient (Wildman–Crippen LogP) is 2.23. The molecule has 0 bridgehead atoms. The van der Waals surface area contributed by atoms with Gasteiger partial charge in [0.05, 0.1) is 11.7 Å². The van der Waals surface area contributed by atoms with E-state index < -0.39 is 11.9 Å². The minimum atomic E-state index is -0.713. The van der Waals surface area contributed by atoms with E-state index in [1.807, 2.05) is 22.9 Å². The summed E-state index contributed by atoms with van der Waals surface area (Å²) in [5, 5.41) is 4.43. The lowest BCUT2D eigenvalue weighted by Gasteiger charge is -2.10. The summed E-state index contributed by atoms with van der Waals surface area (Å²) < 4.78 is 1.29. The van der Waals surface area contributed by atoms with Crippen molar-refractivity contribution < 1.29 is 4.79 Å². The van der Waals surface area contributed by atoms with Crippen LogP contribution in [0.25, 0.3) is 20.7 Å². The molecule has 2 N–H and O–H groups in total. The Balaban J connectivity index is 2.29. The summed E-state index contributed by atoms with van der Waals surface area (Å²) in [6.45, 7) is 1.59. The topological polar surface area (TPSA) is 78.0 Å². The van der Waals surface area contributed by atoms with Crippen LogP contribution in [0, 0.1) is 0 Å². The lowest BCUT2D eigenvalue weighted by atomic mass is 10.2. The molecule has 3 aromatic rings. The van der Waals surface area contributed by atoms with Gasteiger partial charge in [0.25, 0.3) is 5.56 Å². The van der Waals surface area contributed by atoms with Gasteiger partial charge in [-0.3, -0.25) is 14.2 Å². The van der Waals surface area contributed by atoms with Crippen LogP contribution < -0.4 is 11.3 Å². The van der Waals surface area contributed by atoms with Crippen LogP contribution in [0.4, 0.5) is 0 Å². The molecule has 7 heteroatoms. The highest BCUT2D eigenvalue weighted by molar-refractivity contribution is 7.18. The zero-order valence-electron chi connectivity index (χ0n) is 10.6. The molecular weight excluding hydrogens is 294 g/mol. The van der Waals surface area contributed by atoms with Gasteiger partial charge in [0, 0.05) is 15.8 Å². The summed E-state index contributed by atoms with van der Waals surface area (Å²) in [5.74, 6) is -0.554. The number of nitrogens with two attached hydrogens (primary N) is 1. The third-order valence-corrected chi connectivity index (χ3v) is 4.92. The predicted molar refractivity (Wildman–Crippen MR) is 81.1 cm³/mol. The highest BCUT2D eigenvalue weighted by Gasteiger charge is 2.18. The van der Waals surface area contributed by atoms with Crippen LogP contribution in [0.1, 0.15) is 13.0 Å². The molecule has 0 aliphatic carbocycles. The number of hydrogen-bond donors (Lipinski definition) is 1. The molecular formula is C13H11N3O2S2. The zero-order chi connectivity index (χ0) is 14.3. The first-order chi connectivity index (χ1) is 9.59. The van der Waals surface area contributed by atoms with E-state index in [1.165, 1.54) is 22.2 Å². The number of primary amides is 1. The van der Waals surface area contributed by atoms with Gasteiger partial charge in [0.1, 0.15) is 10.9 Å². The van der Waals surface area contributed by atoms with Gasteiger partial charge in [-0.15, -0.1) is 22.7 Å². The van der Waals surface area contributed by atoms with Gasteiger partial charge in [-0.2, -0.15) is 0 Å². The SMILES string of the molecule is CC(C(N)=O)n1cnc2scc(-c3cccs3)c2c1=O. The number of fused-ring (bicyclic) bond motifs is 1. The number of carbonyl (C=O) groups excluding carboxylic acids is 1. The largest absolute Gasteiger partial charge is 0.368 e. The first-order valence-electron chi connectivity index (χ1n) is 5.91. The number of amides is 1. The Hall–Kier alpha value is -1.99. The molecule has 0 aliphatic heterocycles. The highest BCUT2D eigenvalue weighted by Crippen LogP contribution is 2.33. The Bertz CT molecular complexity index is 833. The fourth-order valence-corrected chi connectivity index (χ4v) is 3.69. The van der Waals surface area contributed by atoms with E-state index in [-0.39, 0.29) is 5.56 Å². The molecule has 0 aromatic carbocycles. The molecule has 20 heavy (non-hydrogen) atoms. The van der Waals surface area contributed by atoms with Crippen LogP contribution >= 0.6 is 22.7 Å². The van der Waals surface area contributed by atoms with E-state index in [4.69, 9.17) is 5.73 Å². The maximum Gasteiger partial charge on any atom is 0.263 e. The number of nitrogens with zero attached hydrogens (tertiary/aromatic N) is 2. The average molecular weight is 305 g/mol. The lowest BCUT2D eigenvalue weighted by Crippen LogP contribution is -2.32. The van der Waals surface area contributed by atoms with Crippen molar-refractivity contribution in [3.05, 3.63) is 39.6 Å². The van der Waals surface area contributed by atoms with Crippen molar-refractivity contribution in [1.82, 2.24) is 9.55 Å². The van der Waals surface area contributed by atoms with E-state index in [9.17, 15) is 9.59 Å². The van der Waals surface area contributed by atoms with Gasteiger partial charge in [-0.25, -0.2) is 4.98 Å². The van der Waals surface area contributed by atoms with Crippen molar-refractivity contribution >= 4 is 38.8 Å². The monoisotopic (exact) mass is 305 g/mol. The molecule has 0 fully saturated rings. The van der Waals surface area contributed by atoms with Crippen molar-refractivity contribution in [1.29, 1.82) is 0 Å². The molecule has 0 spiro atoms. The Morgan fingerprint density at radius 2 is 2.25 bits per heavy atom. The van der Waals surface area contributed by atoms with E-state index in [2.05, 4.69) is 4.98 Å². The van der Waals surface area contributed by atoms with Crippen LogP contribution in [0.15, 0.2) is 34.0 Å². The number of carbonyl (C=O) groups is 1. The van der Waals surface area contributed by atoms with Crippen LogP contribution in [-0.2, 0) is 4.79 Å². The summed E-state index contributed by atoms with van der Waals surface area (Å²) >= 11 is 2.99. The summed E-state index contributed by atoms with van der Waals surface area (Å²) in [6, 6.07) is 3.18. The molecule has 5 nitrogen and oxygen atoms in total. The molecule has 0 saturated carbocycles. The second kappa shape index (κ2) is 4.84. The van der Waals surface area contributed by atoms with Gasteiger partial charge < -0.3 is 5.73 Å². The minimum Gasteiger partial charge on any atom is -0.368 e. The molecule has 1 atom stereocenters. The second-order valence-electron chi connectivity index (χ2n) is 4.34. The second-order valence-corrected chi connectivity index (χ2v) is 6.15. The summed E-state index contributed by atoms with van der Waals surface area (Å²) in [7, 11) is 0. The van der Waals surface area contributed by atoms with Crippen molar-refractivity contribution in [2.45, 2.75) is 13.0 Å². The van der Waals surface area contributed by atoms with Crippen molar-refractivity contribution in [2.24, 2.45) is 5.73 Å². The standard InChI is InChI=1S/C13H11N3O2S2/c1-7(11(14)17)16-6-15-12-10(13(16)18)8(5-20-12)9-3-2-4-19-9/h2-7H,1H3,(H2,14,17). The molecule has 0 aliphatic rings. The maximum absolute atomic E-state index is 12.6. The minimum absolute atomic E-state index is 0.231. The van der Waals surface area contributed by atoms with Gasteiger partial charge in [-0.1, -0.05) is 6.07 Å².